The zero-order chi connectivity index (χ0) is 20.0. The standard InChI is InChI=1S/C13H17NO4.C7H8O2/c1-8-7-14(13(8)15)9-5-10(16-2)12(18-4)11(6-9)17-3;1-9-7-5-3-2-4-6(7)8/h5-6,8H,7H2,1-4H3;2-5,8H,1H3/t8-;/m1./s1. The third kappa shape index (κ3) is 4.36. The van der Waals surface area contributed by atoms with Crippen molar-refractivity contribution in [3.63, 3.8) is 0 Å². The molecule has 1 saturated heterocycles. The molecule has 0 saturated carbocycles. The molecule has 0 unspecified atom stereocenters. The average Bonchev–Trinajstić information content (AvgIpc) is 2.71. The lowest BCUT2D eigenvalue weighted by atomic mass is 10.00. The molecule has 0 radical (unpaired) electrons. The van der Waals surface area contributed by atoms with Crippen LogP contribution in [0.1, 0.15) is 6.92 Å². The number of β-lactam (4-membered cyclic amide) rings is 1. The number of methoxy groups -OCH3 is 4. The number of phenolic OH excluding ortho intramolecular Hbond substituents is 1. The van der Waals surface area contributed by atoms with E-state index in [2.05, 4.69) is 0 Å². The summed E-state index contributed by atoms with van der Waals surface area (Å²) in [5, 5.41) is 8.99. The van der Waals surface area contributed by atoms with Crippen LogP contribution < -0.4 is 23.8 Å². The Morgan fingerprint density at radius 1 is 0.926 bits per heavy atom. The highest BCUT2D eigenvalue weighted by atomic mass is 16.5. The Morgan fingerprint density at radius 2 is 1.48 bits per heavy atom. The number of benzene rings is 2. The Labute approximate surface area is 159 Å². The van der Waals surface area contributed by atoms with Gasteiger partial charge in [-0.2, -0.15) is 0 Å². The van der Waals surface area contributed by atoms with E-state index in [0.29, 0.717) is 23.0 Å². The number of nitrogens with zero attached hydrogens (tertiary/aromatic N) is 1. The van der Waals surface area contributed by atoms with Crippen LogP contribution in [0.3, 0.4) is 0 Å². The van der Waals surface area contributed by atoms with E-state index in [9.17, 15) is 4.79 Å². The Kier molecular flexibility index (Phi) is 6.76. The van der Waals surface area contributed by atoms with Crippen molar-refractivity contribution in [2.75, 3.05) is 39.9 Å². The first kappa shape index (κ1) is 20.2. The number of phenols is 1. The quantitative estimate of drug-likeness (QED) is 0.809. The van der Waals surface area contributed by atoms with E-state index in [4.69, 9.17) is 24.1 Å². The normalized spacial score (nSPS) is 15.2. The Bertz CT molecular complexity index is 767. The van der Waals surface area contributed by atoms with E-state index >= 15 is 0 Å². The second-order valence-corrected chi connectivity index (χ2v) is 5.91. The molecule has 0 aliphatic carbocycles. The molecule has 0 bridgehead atoms. The third-order valence-corrected chi connectivity index (χ3v) is 4.19. The number of rotatable bonds is 5. The van der Waals surface area contributed by atoms with Gasteiger partial charge in [0.05, 0.1) is 40.0 Å². The molecule has 27 heavy (non-hydrogen) atoms. The molecule has 0 spiro atoms. The van der Waals surface area contributed by atoms with Crippen LogP contribution in [0.15, 0.2) is 36.4 Å². The van der Waals surface area contributed by atoms with E-state index in [1.54, 1.807) is 62.6 Å². The summed E-state index contributed by atoms with van der Waals surface area (Å²) in [6.07, 6.45) is 0. The number of hydrogen-bond donors (Lipinski definition) is 1. The van der Waals surface area contributed by atoms with E-state index < -0.39 is 0 Å². The van der Waals surface area contributed by atoms with Crippen LogP contribution in [-0.2, 0) is 4.79 Å². The van der Waals surface area contributed by atoms with Crippen molar-refractivity contribution < 1.29 is 28.8 Å². The van der Waals surface area contributed by atoms with Gasteiger partial charge in [-0.3, -0.25) is 4.79 Å². The van der Waals surface area contributed by atoms with E-state index in [1.165, 1.54) is 7.11 Å². The molecule has 1 amide bonds. The van der Waals surface area contributed by atoms with Crippen LogP contribution in [0.5, 0.6) is 28.7 Å². The lowest BCUT2D eigenvalue weighted by Crippen LogP contribution is -2.51. The number of ether oxygens (including phenoxy) is 4. The molecule has 0 aromatic heterocycles. The van der Waals surface area contributed by atoms with Crippen molar-refractivity contribution in [1.29, 1.82) is 0 Å². The second-order valence-electron chi connectivity index (χ2n) is 5.91. The van der Waals surface area contributed by atoms with Crippen LogP contribution in [0, 0.1) is 5.92 Å². The number of carbonyl (C=O) groups excluding carboxylic acids is 1. The molecule has 146 valence electrons. The SMILES string of the molecule is COc1cc(N2C[C@@H](C)C2=O)cc(OC)c1OC.COc1ccccc1O. The van der Waals surface area contributed by atoms with Gasteiger partial charge in [0.2, 0.25) is 11.7 Å². The largest absolute Gasteiger partial charge is 0.504 e. The maximum absolute atomic E-state index is 11.7. The Hall–Kier alpha value is -3.09. The van der Waals surface area contributed by atoms with Crippen molar-refractivity contribution in [3.8, 4) is 28.7 Å². The first-order valence-electron chi connectivity index (χ1n) is 8.40. The van der Waals surface area contributed by atoms with Gasteiger partial charge in [0.1, 0.15) is 0 Å². The highest BCUT2D eigenvalue weighted by Gasteiger charge is 2.34. The molecule has 7 heteroatoms. The summed E-state index contributed by atoms with van der Waals surface area (Å²) in [7, 11) is 6.19. The van der Waals surface area contributed by atoms with Crippen molar-refractivity contribution in [2.45, 2.75) is 6.92 Å². The summed E-state index contributed by atoms with van der Waals surface area (Å²) in [6.45, 7) is 2.63. The maximum Gasteiger partial charge on any atom is 0.231 e. The lowest BCUT2D eigenvalue weighted by Gasteiger charge is -2.36. The smallest absolute Gasteiger partial charge is 0.231 e. The zero-order valence-electron chi connectivity index (χ0n) is 16.2. The van der Waals surface area contributed by atoms with Gasteiger partial charge in [-0.15, -0.1) is 0 Å². The van der Waals surface area contributed by atoms with Gasteiger partial charge >= 0.3 is 0 Å². The summed E-state index contributed by atoms with van der Waals surface area (Å²) in [5.41, 5.74) is 0.771. The van der Waals surface area contributed by atoms with Crippen LogP contribution in [0.4, 0.5) is 5.69 Å². The predicted octanol–water partition coefficient (Wildman–Crippen LogP) is 3.10. The number of amides is 1. The van der Waals surface area contributed by atoms with Gasteiger partial charge in [-0.05, 0) is 12.1 Å². The minimum atomic E-state index is 0.0871. The van der Waals surface area contributed by atoms with E-state index in [0.717, 1.165) is 12.2 Å². The van der Waals surface area contributed by atoms with Crippen molar-refractivity contribution in [2.24, 2.45) is 5.92 Å². The first-order chi connectivity index (χ1) is 13.0. The van der Waals surface area contributed by atoms with Gasteiger partial charge in [-0.25, -0.2) is 0 Å². The van der Waals surface area contributed by atoms with Gasteiger partial charge in [-0.1, -0.05) is 19.1 Å². The highest BCUT2D eigenvalue weighted by Crippen LogP contribution is 2.42. The summed E-state index contributed by atoms with van der Waals surface area (Å²) in [6, 6.07) is 10.4. The summed E-state index contributed by atoms with van der Waals surface area (Å²) in [5.74, 6) is 2.54. The fourth-order valence-corrected chi connectivity index (χ4v) is 2.68. The minimum absolute atomic E-state index is 0.0871. The van der Waals surface area contributed by atoms with Crippen molar-refractivity contribution in [3.05, 3.63) is 36.4 Å². The molecule has 2 aromatic rings. The molecule has 1 fully saturated rings. The predicted molar refractivity (Wildman–Crippen MR) is 102 cm³/mol. The number of hydrogen-bond acceptors (Lipinski definition) is 6. The van der Waals surface area contributed by atoms with Gasteiger partial charge in [0.15, 0.2) is 23.0 Å². The fourth-order valence-electron chi connectivity index (χ4n) is 2.68. The number of carbonyl (C=O) groups is 1. The average molecular weight is 375 g/mol. The molecule has 7 nitrogen and oxygen atoms in total. The lowest BCUT2D eigenvalue weighted by molar-refractivity contribution is -0.126. The minimum Gasteiger partial charge on any atom is -0.504 e. The van der Waals surface area contributed by atoms with Gasteiger partial charge in [0.25, 0.3) is 0 Å². The fraction of sp³-hybridized carbons (Fsp3) is 0.350. The van der Waals surface area contributed by atoms with Crippen molar-refractivity contribution in [1.82, 2.24) is 0 Å². The maximum atomic E-state index is 11.7. The molecular formula is C20H25NO6. The molecule has 1 heterocycles. The van der Waals surface area contributed by atoms with E-state index in [1.807, 2.05) is 6.92 Å². The number of aromatic hydroxyl groups is 1. The molecule has 1 atom stereocenters. The number of anilines is 1. The number of para-hydroxylation sites is 2. The van der Waals surface area contributed by atoms with Gasteiger partial charge in [0, 0.05) is 18.7 Å². The van der Waals surface area contributed by atoms with Gasteiger partial charge < -0.3 is 29.0 Å². The topological polar surface area (TPSA) is 77.5 Å². The van der Waals surface area contributed by atoms with E-state index in [-0.39, 0.29) is 17.6 Å². The Balaban J connectivity index is 0.000000244. The van der Waals surface area contributed by atoms with Crippen LogP contribution in [0.2, 0.25) is 0 Å². The third-order valence-electron chi connectivity index (χ3n) is 4.19. The van der Waals surface area contributed by atoms with Crippen LogP contribution in [-0.4, -0.2) is 46.0 Å². The zero-order valence-corrected chi connectivity index (χ0v) is 16.2. The molecular weight excluding hydrogens is 350 g/mol. The summed E-state index contributed by atoms with van der Waals surface area (Å²) >= 11 is 0. The molecule has 3 rings (SSSR count). The van der Waals surface area contributed by atoms with Crippen LogP contribution >= 0.6 is 0 Å². The first-order valence-corrected chi connectivity index (χ1v) is 8.40. The van der Waals surface area contributed by atoms with Crippen LogP contribution in [0.25, 0.3) is 0 Å². The van der Waals surface area contributed by atoms with Crippen molar-refractivity contribution >= 4 is 11.6 Å². The molecule has 1 N–H and O–H groups in total. The molecule has 2 aromatic carbocycles. The second kappa shape index (κ2) is 9.02. The highest BCUT2D eigenvalue weighted by molar-refractivity contribution is 6.01. The summed E-state index contributed by atoms with van der Waals surface area (Å²) in [4.78, 5) is 13.4. The summed E-state index contributed by atoms with van der Waals surface area (Å²) < 4.78 is 20.5. The molecule has 1 aliphatic rings. The molecule has 1 aliphatic heterocycles. The Morgan fingerprint density at radius 3 is 1.85 bits per heavy atom. The monoisotopic (exact) mass is 375 g/mol.